The van der Waals surface area contributed by atoms with Gasteiger partial charge in [0.25, 0.3) is 5.91 Å². The molecule has 6 heteroatoms. The predicted molar refractivity (Wildman–Crippen MR) is 118 cm³/mol. The van der Waals surface area contributed by atoms with E-state index < -0.39 is 5.91 Å². The van der Waals surface area contributed by atoms with Crippen molar-refractivity contribution in [1.82, 2.24) is 5.32 Å². The Bertz CT molecular complexity index is 1070. The first kappa shape index (κ1) is 21.5. The van der Waals surface area contributed by atoms with E-state index in [0.717, 1.165) is 11.3 Å². The molecule has 0 bridgehead atoms. The van der Waals surface area contributed by atoms with Gasteiger partial charge in [-0.3, -0.25) is 9.59 Å². The van der Waals surface area contributed by atoms with E-state index in [1.807, 2.05) is 24.3 Å². The lowest BCUT2D eigenvalue weighted by molar-refractivity contribution is 0.0952. The highest BCUT2D eigenvalue weighted by molar-refractivity contribution is 5.94. The van der Waals surface area contributed by atoms with E-state index in [1.165, 1.54) is 0 Å². The molecule has 0 aliphatic rings. The van der Waals surface area contributed by atoms with Gasteiger partial charge in [-0.05, 0) is 72.6 Å². The molecule has 31 heavy (non-hydrogen) atoms. The Morgan fingerprint density at radius 3 is 1.94 bits per heavy atom. The maximum Gasteiger partial charge on any atom is 0.251 e. The summed E-state index contributed by atoms with van der Waals surface area (Å²) in [5, 5.41) is 2.90. The van der Waals surface area contributed by atoms with Gasteiger partial charge < -0.3 is 20.5 Å². The van der Waals surface area contributed by atoms with Crippen LogP contribution in [0.4, 0.5) is 0 Å². The van der Waals surface area contributed by atoms with E-state index in [4.69, 9.17) is 21.6 Å². The zero-order chi connectivity index (χ0) is 22.1. The van der Waals surface area contributed by atoms with Gasteiger partial charge in [-0.15, -0.1) is 6.42 Å². The quantitative estimate of drug-likeness (QED) is 0.524. The van der Waals surface area contributed by atoms with Crippen molar-refractivity contribution in [3.8, 4) is 29.6 Å². The standard InChI is InChI=1S/C25H22N2O4/c1-2-17-30-21-9-3-18(4-10-21)15-16-27-25(29)20-7-13-23(14-8-20)31-22-11-5-19(6-12-22)24(26)28/h1,3-14H,15-17H2,(H2,26,28)(H,27,29). The number of hydrogen-bond acceptors (Lipinski definition) is 4. The van der Waals surface area contributed by atoms with Gasteiger partial charge in [0.05, 0.1) is 0 Å². The first-order valence-corrected chi connectivity index (χ1v) is 9.66. The third kappa shape index (κ3) is 6.38. The van der Waals surface area contributed by atoms with Gasteiger partial charge in [0.15, 0.2) is 0 Å². The fourth-order valence-corrected chi connectivity index (χ4v) is 2.80. The monoisotopic (exact) mass is 414 g/mol. The van der Waals surface area contributed by atoms with Gasteiger partial charge in [-0.2, -0.15) is 0 Å². The van der Waals surface area contributed by atoms with Crippen molar-refractivity contribution in [1.29, 1.82) is 0 Å². The summed E-state index contributed by atoms with van der Waals surface area (Å²) < 4.78 is 11.1. The molecule has 3 rings (SSSR count). The minimum absolute atomic E-state index is 0.161. The van der Waals surface area contributed by atoms with Crippen molar-refractivity contribution in [3.05, 3.63) is 89.5 Å². The molecule has 0 atom stereocenters. The molecule has 3 N–H and O–H groups in total. The Labute approximate surface area is 181 Å². The molecule has 6 nitrogen and oxygen atoms in total. The third-order valence-electron chi connectivity index (χ3n) is 4.44. The van der Waals surface area contributed by atoms with E-state index in [1.54, 1.807) is 48.5 Å². The molecule has 156 valence electrons. The largest absolute Gasteiger partial charge is 0.481 e. The van der Waals surface area contributed by atoms with Crippen molar-refractivity contribution >= 4 is 11.8 Å². The smallest absolute Gasteiger partial charge is 0.251 e. The fourth-order valence-electron chi connectivity index (χ4n) is 2.80. The second-order valence-corrected chi connectivity index (χ2v) is 6.66. The lowest BCUT2D eigenvalue weighted by atomic mass is 10.1. The average Bonchev–Trinajstić information content (AvgIpc) is 2.79. The number of hydrogen-bond donors (Lipinski definition) is 2. The summed E-state index contributed by atoms with van der Waals surface area (Å²) in [6.07, 6.45) is 5.87. The average molecular weight is 414 g/mol. The second-order valence-electron chi connectivity index (χ2n) is 6.66. The molecule has 0 saturated carbocycles. The molecule has 0 aliphatic heterocycles. The number of nitrogens with two attached hydrogens (primary N) is 1. The van der Waals surface area contributed by atoms with E-state index in [2.05, 4.69) is 11.2 Å². The van der Waals surface area contributed by atoms with Crippen LogP contribution in [0, 0.1) is 12.3 Å². The summed E-state index contributed by atoms with van der Waals surface area (Å²) in [4.78, 5) is 23.5. The molecule has 0 aliphatic carbocycles. The molecule has 0 saturated heterocycles. The van der Waals surface area contributed by atoms with Gasteiger partial charge in [0.1, 0.15) is 23.9 Å². The normalized spacial score (nSPS) is 10.0. The van der Waals surface area contributed by atoms with Crippen molar-refractivity contribution in [2.75, 3.05) is 13.2 Å². The molecule has 0 fully saturated rings. The van der Waals surface area contributed by atoms with E-state index in [-0.39, 0.29) is 12.5 Å². The summed E-state index contributed by atoms with van der Waals surface area (Å²) in [7, 11) is 0. The Kier molecular flexibility index (Phi) is 7.28. The molecule has 0 aromatic heterocycles. The van der Waals surface area contributed by atoms with Crippen LogP contribution < -0.4 is 20.5 Å². The van der Waals surface area contributed by atoms with Crippen LogP contribution >= 0.6 is 0 Å². The number of amides is 2. The molecule has 3 aromatic rings. The maximum absolute atomic E-state index is 12.3. The summed E-state index contributed by atoms with van der Waals surface area (Å²) in [6.45, 7) is 0.745. The Balaban J connectivity index is 1.47. The fraction of sp³-hybridized carbons (Fsp3) is 0.120. The Morgan fingerprint density at radius 2 is 1.39 bits per heavy atom. The van der Waals surface area contributed by atoms with Crippen LogP contribution in [0.15, 0.2) is 72.8 Å². The van der Waals surface area contributed by atoms with Crippen LogP contribution in [0.25, 0.3) is 0 Å². The number of carbonyl (C=O) groups excluding carboxylic acids is 2. The van der Waals surface area contributed by atoms with Crippen molar-refractivity contribution in [3.63, 3.8) is 0 Å². The Hall–Kier alpha value is -4.24. The summed E-state index contributed by atoms with van der Waals surface area (Å²) in [6, 6.07) is 20.9. The lowest BCUT2D eigenvalue weighted by Gasteiger charge is -2.09. The Morgan fingerprint density at radius 1 is 0.839 bits per heavy atom. The minimum atomic E-state index is -0.493. The minimum Gasteiger partial charge on any atom is -0.481 e. The van der Waals surface area contributed by atoms with Crippen LogP contribution in [0.3, 0.4) is 0 Å². The van der Waals surface area contributed by atoms with E-state index in [9.17, 15) is 9.59 Å². The van der Waals surface area contributed by atoms with Crippen LogP contribution in [-0.2, 0) is 6.42 Å². The highest BCUT2D eigenvalue weighted by Crippen LogP contribution is 2.22. The number of primary amides is 1. The maximum atomic E-state index is 12.3. The zero-order valence-electron chi connectivity index (χ0n) is 16.8. The molecule has 0 unspecified atom stereocenters. The first-order valence-electron chi connectivity index (χ1n) is 9.66. The van der Waals surface area contributed by atoms with Crippen LogP contribution in [0.5, 0.6) is 17.2 Å². The summed E-state index contributed by atoms with van der Waals surface area (Å²) in [5.41, 5.74) is 7.25. The zero-order valence-corrected chi connectivity index (χ0v) is 16.8. The highest BCUT2D eigenvalue weighted by Gasteiger charge is 2.07. The van der Waals surface area contributed by atoms with Crippen molar-refractivity contribution < 1.29 is 19.1 Å². The van der Waals surface area contributed by atoms with Gasteiger partial charge >= 0.3 is 0 Å². The molecule has 0 heterocycles. The number of rotatable bonds is 9. The second kappa shape index (κ2) is 10.5. The lowest BCUT2D eigenvalue weighted by Crippen LogP contribution is -2.25. The summed E-state index contributed by atoms with van der Waals surface area (Å²) in [5.74, 6) is 3.63. The van der Waals surface area contributed by atoms with Crippen molar-refractivity contribution in [2.24, 2.45) is 5.73 Å². The SMILES string of the molecule is C#CCOc1ccc(CCNC(=O)c2ccc(Oc3ccc(C(N)=O)cc3)cc2)cc1. The first-order chi connectivity index (χ1) is 15.0. The summed E-state index contributed by atoms with van der Waals surface area (Å²) >= 11 is 0. The molecule has 3 aromatic carbocycles. The van der Waals surface area contributed by atoms with Gasteiger partial charge in [-0.25, -0.2) is 0 Å². The molecule has 2 amide bonds. The molecule has 0 radical (unpaired) electrons. The van der Waals surface area contributed by atoms with E-state index >= 15 is 0 Å². The van der Waals surface area contributed by atoms with Crippen LogP contribution in [-0.4, -0.2) is 25.0 Å². The molecular weight excluding hydrogens is 392 g/mol. The number of nitrogens with one attached hydrogen (secondary N) is 1. The molecular formula is C25H22N2O4. The third-order valence-corrected chi connectivity index (χ3v) is 4.44. The van der Waals surface area contributed by atoms with Crippen LogP contribution in [0.1, 0.15) is 26.3 Å². The number of benzene rings is 3. The van der Waals surface area contributed by atoms with Crippen molar-refractivity contribution in [2.45, 2.75) is 6.42 Å². The highest BCUT2D eigenvalue weighted by atomic mass is 16.5. The number of terminal acetylenes is 1. The van der Waals surface area contributed by atoms with Gasteiger partial charge in [0, 0.05) is 17.7 Å². The predicted octanol–water partition coefficient (Wildman–Crippen LogP) is 3.56. The van der Waals surface area contributed by atoms with Gasteiger partial charge in [0.2, 0.25) is 5.91 Å². The molecule has 0 spiro atoms. The number of carbonyl (C=O) groups is 2. The van der Waals surface area contributed by atoms with E-state index in [0.29, 0.717) is 35.6 Å². The topological polar surface area (TPSA) is 90.7 Å². The van der Waals surface area contributed by atoms with Gasteiger partial charge in [-0.1, -0.05) is 18.1 Å². The number of ether oxygens (including phenoxy) is 2. The van der Waals surface area contributed by atoms with Crippen LogP contribution in [0.2, 0.25) is 0 Å².